The summed E-state index contributed by atoms with van der Waals surface area (Å²) < 4.78 is 10.8. The number of benzene rings is 2. The molecule has 2 aromatic carbocycles. The molecule has 0 aromatic heterocycles. The number of rotatable bonds is 13. The predicted octanol–water partition coefficient (Wildman–Crippen LogP) is 5.97. The molecule has 1 aliphatic rings. The van der Waals surface area contributed by atoms with Crippen LogP contribution in [-0.2, 0) is 23.9 Å². The number of carboxylic acid groups (broad SMARTS) is 1. The second kappa shape index (κ2) is 13.6. The minimum atomic E-state index is -1.01. The van der Waals surface area contributed by atoms with Crippen molar-refractivity contribution >= 4 is 23.8 Å². The Morgan fingerprint density at radius 3 is 2.08 bits per heavy atom. The Hall–Kier alpha value is -3.68. The number of hydrogen-bond donors (Lipinski definition) is 2. The predicted molar refractivity (Wildman–Crippen MR) is 152 cm³/mol. The molecule has 3 rings (SSSR count). The maximum absolute atomic E-state index is 13.0. The number of Topliss-reactive ketones (excluding diaryl/α,β-unsaturated/α-hetero) is 1. The zero-order chi connectivity index (χ0) is 29.4. The number of esters is 1. The molecule has 2 N–H and O–H groups in total. The van der Waals surface area contributed by atoms with Crippen LogP contribution in [0.3, 0.4) is 0 Å². The van der Waals surface area contributed by atoms with Gasteiger partial charge in [-0.05, 0) is 68.2 Å². The molecule has 1 aliphatic carbocycles. The van der Waals surface area contributed by atoms with Crippen molar-refractivity contribution in [2.75, 3.05) is 13.2 Å². The first kappa shape index (κ1) is 30.9. The number of ether oxygens (including phenoxy) is 2. The van der Waals surface area contributed by atoms with E-state index in [9.17, 15) is 24.3 Å². The van der Waals surface area contributed by atoms with Gasteiger partial charge in [0.1, 0.15) is 12.2 Å². The van der Waals surface area contributed by atoms with Crippen LogP contribution in [-0.4, -0.2) is 47.7 Å². The van der Waals surface area contributed by atoms with Crippen molar-refractivity contribution in [1.29, 1.82) is 0 Å². The van der Waals surface area contributed by atoms with Gasteiger partial charge in [0.05, 0.1) is 12.5 Å². The second-order valence-corrected chi connectivity index (χ2v) is 11.5. The number of alkyl carbamates (subject to hydrolysis) is 1. The molecule has 0 bridgehead atoms. The summed E-state index contributed by atoms with van der Waals surface area (Å²) in [5.41, 5.74) is 3.84. The fraction of sp³-hybridized carbons (Fsp3) is 0.500. The third kappa shape index (κ3) is 8.16. The topological polar surface area (TPSA) is 119 Å². The van der Waals surface area contributed by atoms with E-state index in [1.165, 1.54) is 0 Å². The number of carboxylic acids is 1. The quantitative estimate of drug-likeness (QED) is 0.294. The molecule has 0 saturated carbocycles. The summed E-state index contributed by atoms with van der Waals surface area (Å²) >= 11 is 0. The number of amides is 1. The molecule has 3 unspecified atom stereocenters. The summed E-state index contributed by atoms with van der Waals surface area (Å²) in [7, 11) is 0. The van der Waals surface area contributed by atoms with Crippen LogP contribution in [0.2, 0.25) is 0 Å². The van der Waals surface area contributed by atoms with E-state index < -0.39 is 35.5 Å². The zero-order valence-corrected chi connectivity index (χ0v) is 24.1. The van der Waals surface area contributed by atoms with Gasteiger partial charge in [-0.2, -0.15) is 0 Å². The van der Waals surface area contributed by atoms with Gasteiger partial charge in [0.25, 0.3) is 0 Å². The summed E-state index contributed by atoms with van der Waals surface area (Å²) in [5.74, 6) is -3.17. The van der Waals surface area contributed by atoms with Gasteiger partial charge in [-0.3, -0.25) is 14.4 Å². The fourth-order valence-electron chi connectivity index (χ4n) is 5.53. The SMILES string of the molecule is CCC(C(=O)CNC(=O)OCC1c2ccccc2-c2ccccc21)C(C)CC(CCC(=O)OC(C)(C)C)C(=O)O. The molecule has 0 spiro atoms. The molecule has 8 heteroatoms. The molecule has 0 fully saturated rings. The molecule has 8 nitrogen and oxygen atoms in total. The van der Waals surface area contributed by atoms with E-state index in [1.807, 2.05) is 50.2 Å². The summed E-state index contributed by atoms with van der Waals surface area (Å²) in [6, 6.07) is 16.1. The number of carbonyl (C=O) groups is 4. The van der Waals surface area contributed by atoms with Gasteiger partial charge in [-0.25, -0.2) is 4.79 Å². The Kier molecular flexibility index (Phi) is 10.5. The molecule has 0 saturated heterocycles. The molecular formula is C32H41NO7. The Balaban J connectivity index is 1.50. The molecular weight excluding hydrogens is 510 g/mol. The van der Waals surface area contributed by atoms with Crippen molar-refractivity contribution < 1.29 is 33.8 Å². The molecule has 2 aromatic rings. The first-order valence-electron chi connectivity index (χ1n) is 14.0. The van der Waals surface area contributed by atoms with Crippen LogP contribution in [0, 0.1) is 17.8 Å². The van der Waals surface area contributed by atoms with Crippen molar-refractivity contribution in [3.63, 3.8) is 0 Å². The number of nitrogens with one attached hydrogen (secondary N) is 1. The minimum Gasteiger partial charge on any atom is -0.481 e. The lowest BCUT2D eigenvalue weighted by molar-refractivity contribution is -0.155. The first-order chi connectivity index (χ1) is 18.9. The lowest BCUT2D eigenvalue weighted by atomic mass is 9.80. The number of carbonyl (C=O) groups excluding carboxylic acids is 3. The zero-order valence-electron chi connectivity index (χ0n) is 24.1. The lowest BCUT2D eigenvalue weighted by Crippen LogP contribution is -2.36. The largest absolute Gasteiger partial charge is 0.481 e. The Morgan fingerprint density at radius 2 is 1.55 bits per heavy atom. The first-order valence-corrected chi connectivity index (χ1v) is 14.0. The van der Waals surface area contributed by atoms with Crippen molar-refractivity contribution in [2.45, 2.75) is 71.8 Å². The summed E-state index contributed by atoms with van der Waals surface area (Å²) in [4.78, 5) is 49.4. The van der Waals surface area contributed by atoms with Crippen LogP contribution in [0.4, 0.5) is 4.79 Å². The molecule has 0 aliphatic heterocycles. The van der Waals surface area contributed by atoms with Crippen LogP contribution in [0.25, 0.3) is 11.1 Å². The van der Waals surface area contributed by atoms with Gasteiger partial charge in [0.15, 0.2) is 5.78 Å². The highest BCUT2D eigenvalue weighted by Crippen LogP contribution is 2.44. The molecule has 3 atom stereocenters. The molecule has 216 valence electrons. The number of hydrogen-bond acceptors (Lipinski definition) is 6. The van der Waals surface area contributed by atoms with E-state index in [-0.39, 0.29) is 50.0 Å². The van der Waals surface area contributed by atoms with Gasteiger partial charge >= 0.3 is 18.0 Å². The molecule has 1 amide bonds. The maximum Gasteiger partial charge on any atom is 0.407 e. The second-order valence-electron chi connectivity index (χ2n) is 11.5. The highest BCUT2D eigenvalue weighted by Gasteiger charge is 2.31. The molecule has 40 heavy (non-hydrogen) atoms. The van der Waals surface area contributed by atoms with E-state index in [0.29, 0.717) is 6.42 Å². The van der Waals surface area contributed by atoms with Gasteiger partial charge in [0, 0.05) is 18.3 Å². The molecule has 0 heterocycles. The molecule has 0 radical (unpaired) electrons. The highest BCUT2D eigenvalue weighted by molar-refractivity contribution is 5.86. The van der Waals surface area contributed by atoms with E-state index in [1.54, 1.807) is 20.8 Å². The van der Waals surface area contributed by atoms with E-state index >= 15 is 0 Å². The Labute approximate surface area is 236 Å². The maximum atomic E-state index is 13.0. The average molecular weight is 552 g/mol. The Bertz CT molecular complexity index is 1170. The van der Waals surface area contributed by atoms with Crippen LogP contribution < -0.4 is 5.32 Å². The van der Waals surface area contributed by atoms with Crippen molar-refractivity contribution in [2.24, 2.45) is 17.8 Å². The Morgan fingerprint density at radius 1 is 0.975 bits per heavy atom. The third-order valence-electron chi connectivity index (χ3n) is 7.41. The van der Waals surface area contributed by atoms with Crippen LogP contribution in [0.5, 0.6) is 0 Å². The van der Waals surface area contributed by atoms with Crippen LogP contribution in [0.1, 0.15) is 77.3 Å². The van der Waals surface area contributed by atoms with Crippen molar-refractivity contribution in [1.82, 2.24) is 5.32 Å². The number of fused-ring (bicyclic) bond motifs is 3. The van der Waals surface area contributed by atoms with Gasteiger partial charge in [0.2, 0.25) is 0 Å². The number of ketones is 1. The van der Waals surface area contributed by atoms with Crippen molar-refractivity contribution in [3.05, 3.63) is 59.7 Å². The standard InChI is InChI=1S/C32H41NO7/c1-6-22(20(2)17-21(30(36)37)15-16-29(35)40-32(3,4)5)28(34)18-33-31(38)39-19-27-25-13-9-7-11-23(25)24-12-8-10-14-26(24)27/h7-14,20-22,27H,6,15-19H2,1-5H3,(H,33,38)(H,36,37). The lowest BCUT2D eigenvalue weighted by Gasteiger charge is -2.25. The third-order valence-corrected chi connectivity index (χ3v) is 7.41. The van der Waals surface area contributed by atoms with Crippen molar-refractivity contribution in [3.8, 4) is 11.1 Å². The normalized spacial score (nSPS) is 14.8. The summed E-state index contributed by atoms with van der Waals surface area (Å²) in [5, 5.41) is 12.3. The van der Waals surface area contributed by atoms with E-state index in [0.717, 1.165) is 22.3 Å². The summed E-state index contributed by atoms with van der Waals surface area (Å²) in [6.07, 6.45) is 0.211. The smallest absolute Gasteiger partial charge is 0.407 e. The fourth-order valence-corrected chi connectivity index (χ4v) is 5.53. The summed E-state index contributed by atoms with van der Waals surface area (Å²) in [6.45, 7) is 8.93. The van der Waals surface area contributed by atoms with Gasteiger partial charge in [-0.1, -0.05) is 62.4 Å². The van der Waals surface area contributed by atoms with Gasteiger partial charge < -0.3 is 19.9 Å². The van der Waals surface area contributed by atoms with E-state index in [2.05, 4.69) is 17.4 Å². The monoisotopic (exact) mass is 551 g/mol. The number of aliphatic carboxylic acids is 1. The average Bonchev–Trinajstić information content (AvgIpc) is 3.21. The highest BCUT2D eigenvalue weighted by atomic mass is 16.6. The minimum absolute atomic E-state index is 0.00493. The van der Waals surface area contributed by atoms with Crippen LogP contribution >= 0.6 is 0 Å². The van der Waals surface area contributed by atoms with Gasteiger partial charge in [-0.15, -0.1) is 0 Å². The van der Waals surface area contributed by atoms with E-state index in [4.69, 9.17) is 9.47 Å². The van der Waals surface area contributed by atoms with Crippen LogP contribution in [0.15, 0.2) is 48.5 Å².